The van der Waals surface area contributed by atoms with Gasteiger partial charge in [-0.3, -0.25) is 9.59 Å². The highest BCUT2D eigenvalue weighted by molar-refractivity contribution is 6.03. The number of ether oxygens (including phenoxy) is 2. The third kappa shape index (κ3) is 2.31. The van der Waals surface area contributed by atoms with E-state index in [0.717, 1.165) is 12.8 Å². The maximum absolute atomic E-state index is 12.8. The highest BCUT2D eigenvalue weighted by Gasteiger charge is 2.39. The van der Waals surface area contributed by atoms with Gasteiger partial charge in [-0.1, -0.05) is 0 Å². The molecule has 1 atom stereocenters. The van der Waals surface area contributed by atoms with Gasteiger partial charge in [0.05, 0.1) is 30.1 Å². The Kier molecular flexibility index (Phi) is 3.34. The molecule has 1 aromatic heterocycles. The summed E-state index contributed by atoms with van der Waals surface area (Å²) in [5, 5.41) is 8.06. The average Bonchev–Trinajstić information content (AvgIpc) is 3.32. The fraction of sp³-hybridized carbons (Fsp3) is 0.412. The summed E-state index contributed by atoms with van der Waals surface area (Å²) in [5.41, 5.74) is 0.881. The molecule has 26 heavy (non-hydrogen) atoms. The molecule has 9 nitrogen and oxygen atoms in total. The van der Waals surface area contributed by atoms with Crippen LogP contribution in [0.25, 0.3) is 0 Å². The van der Waals surface area contributed by atoms with Gasteiger partial charge in [-0.15, -0.1) is 0 Å². The molecule has 9 heteroatoms. The van der Waals surface area contributed by atoms with Crippen LogP contribution in [0.1, 0.15) is 33.6 Å². The van der Waals surface area contributed by atoms with Crippen molar-refractivity contribution in [1.82, 2.24) is 24.8 Å². The van der Waals surface area contributed by atoms with E-state index < -0.39 is 0 Å². The monoisotopic (exact) mass is 355 g/mol. The van der Waals surface area contributed by atoms with Crippen molar-refractivity contribution in [2.24, 2.45) is 0 Å². The maximum Gasteiger partial charge on any atom is 0.260 e. The van der Waals surface area contributed by atoms with Crippen molar-refractivity contribution in [3.05, 3.63) is 35.7 Å². The van der Waals surface area contributed by atoms with Crippen molar-refractivity contribution in [3.8, 4) is 11.5 Å². The van der Waals surface area contributed by atoms with Crippen LogP contribution < -0.4 is 9.47 Å². The van der Waals surface area contributed by atoms with E-state index in [-0.39, 0.29) is 24.8 Å². The van der Waals surface area contributed by atoms with E-state index in [1.54, 1.807) is 34.3 Å². The van der Waals surface area contributed by atoms with Crippen LogP contribution >= 0.6 is 0 Å². The van der Waals surface area contributed by atoms with Crippen LogP contribution in [0, 0.1) is 0 Å². The zero-order valence-corrected chi connectivity index (χ0v) is 14.0. The van der Waals surface area contributed by atoms with Gasteiger partial charge in [0.25, 0.3) is 11.8 Å². The summed E-state index contributed by atoms with van der Waals surface area (Å²) >= 11 is 0. The minimum absolute atomic E-state index is 0.0558. The molecule has 3 aliphatic heterocycles. The predicted molar refractivity (Wildman–Crippen MR) is 87.7 cm³/mol. The minimum atomic E-state index is -0.227. The fourth-order valence-electron chi connectivity index (χ4n) is 3.61. The average molecular weight is 355 g/mol. The zero-order chi connectivity index (χ0) is 17.7. The van der Waals surface area contributed by atoms with Crippen molar-refractivity contribution in [2.75, 3.05) is 19.8 Å². The molecular weight excluding hydrogens is 338 g/mol. The number of carbonyl (C=O) groups excluding carboxylic acids is 2. The van der Waals surface area contributed by atoms with Gasteiger partial charge >= 0.3 is 0 Å². The van der Waals surface area contributed by atoms with Gasteiger partial charge in [-0.05, 0) is 18.6 Å². The van der Waals surface area contributed by atoms with Gasteiger partial charge < -0.3 is 19.3 Å². The third-order valence-electron chi connectivity index (χ3n) is 4.96. The molecule has 3 aliphatic rings. The minimum Gasteiger partial charge on any atom is -0.472 e. The highest BCUT2D eigenvalue weighted by atomic mass is 16.5. The second kappa shape index (κ2) is 5.72. The number of hydrogen-bond donors (Lipinski definition) is 0. The number of rotatable bonds is 3. The molecule has 2 aromatic rings. The van der Waals surface area contributed by atoms with E-state index in [4.69, 9.17) is 9.47 Å². The summed E-state index contributed by atoms with van der Waals surface area (Å²) in [6.45, 7) is 1.75. The summed E-state index contributed by atoms with van der Waals surface area (Å²) in [4.78, 5) is 30.3. The smallest absolute Gasteiger partial charge is 0.260 e. The lowest BCUT2D eigenvalue weighted by molar-refractivity contribution is 0.0283. The first kappa shape index (κ1) is 15.2. The molecule has 1 fully saturated rings. The molecule has 5 rings (SSSR count). The second-order valence-electron chi connectivity index (χ2n) is 6.52. The van der Waals surface area contributed by atoms with Crippen molar-refractivity contribution >= 4 is 11.8 Å². The summed E-state index contributed by atoms with van der Waals surface area (Å²) in [6.07, 6.45) is 4.70. The molecule has 134 valence electrons. The Labute approximate surface area is 149 Å². The van der Waals surface area contributed by atoms with E-state index >= 15 is 0 Å². The number of carbonyl (C=O) groups is 2. The van der Waals surface area contributed by atoms with Gasteiger partial charge in [0, 0.05) is 19.5 Å². The Morgan fingerprint density at radius 1 is 1.04 bits per heavy atom. The number of fused-ring (bicyclic) bond motifs is 3. The molecule has 2 amide bonds. The first-order valence-corrected chi connectivity index (χ1v) is 8.62. The molecule has 0 radical (unpaired) electrons. The summed E-state index contributed by atoms with van der Waals surface area (Å²) in [5.74, 6) is 0.687. The largest absolute Gasteiger partial charge is 0.472 e. The lowest BCUT2D eigenvalue weighted by Crippen LogP contribution is -2.44. The molecule has 1 saturated heterocycles. The van der Waals surface area contributed by atoms with Gasteiger partial charge in [-0.25, -0.2) is 0 Å². The summed E-state index contributed by atoms with van der Waals surface area (Å²) in [7, 11) is 0. The van der Waals surface area contributed by atoms with Crippen LogP contribution in [0.2, 0.25) is 0 Å². The van der Waals surface area contributed by atoms with E-state index in [1.807, 2.05) is 0 Å². The molecule has 0 bridgehead atoms. The van der Waals surface area contributed by atoms with Gasteiger partial charge in [0.2, 0.25) is 0 Å². The number of amides is 2. The Bertz CT molecular complexity index is 882. The molecule has 0 aliphatic carbocycles. The predicted octanol–water partition coefficient (Wildman–Crippen LogP) is 0.725. The zero-order valence-electron chi connectivity index (χ0n) is 14.0. The van der Waals surface area contributed by atoms with E-state index in [2.05, 4.69) is 10.2 Å². The van der Waals surface area contributed by atoms with E-state index in [0.29, 0.717) is 42.3 Å². The normalized spacial score (nSPS) is 21.0. The van der Waals surface area contributed by atoms with Crippen LogP contribution in [-0.4, -0.2) is 62.7 Å². The molecule has 1 aromatic carbocycles. The Balaban J connectivity index is 1.41. The lowest BCUT2D eigenvalue weighted by Gasteiger charge is -2.34. The van der Waals surface area contributed by atoms with Crippen LogP contribution in [0.3, 0.4) is 0 Å². The molecule has 0 spiro atoms. The lowest BCUT2D eigenvalue weighted by atomic mass is 10.0. The maximum atomic E-state index is 12.8. The van der Waals surface area contributed by atoms with Crippen molar-refractivity contribution < 1.29 is 19.1 Å². The summed E-state index contributed by atoms with van der Waals surface area (Å²) in [6, 6.07) is 3.27. The molecule has 0 saturated carbocycles. The summed E-state index contributed by atoms with van der Waals surface area (Å²) < 4.78 is 11.7. The van der Waals surface area contributed by atoms with Gasteiger partial charge in [-0.2, -0.15) is 15.0 Å². The van der Waals surface area contributed by atoms with Crippen LogP contribution in [0.15, 0.2) is 24.5 Å². The number of hydrogen-bond acceptors (Lipinski definition) is 6. The van der Waals surface area contributed by atoms with Crippen LogP contribution in [0.4, 0.5) is 0 Å². The number of aromatic nitrogens is 3. The molecule has 0 N–H and O–H groups in total. The standard InChI is InChI=1S/C17H17N5O4/c23-16-11-9-14-12(17(24)21-5-1-2-15(21)26-14)8-13(11)25-10-20(16)6-7-22-18-3-4-19-22/h3-4,8-9,15H,1-2,5-7,10H2. The van der Waals surface area contributed by atoms with Crippen molar-refractivity contribution in [2.45, 2.75) is 25.6 Å². The van der Waals surface area contributed by atoms with Crippen molar-refractivity contribution in [1.29, 1.82) is 0 Å². The van der Waals surface area contributed by atoms with Gasteiger partial charge in [0.1, 0.15) is 11.5 Å². The van der Waals surface area contributed by atoms with Crippen molar-refractivity contribution in [3.63, 3.8) is 0 Å². The highest BCUT2D eigenvalue weighted by Crippen LogP contribution is 2.38. The SMILES string of the molecule is O=C1c2cc3c(cc2OCN1CCn1nccn1)C(=O)N1CCCC1O3. The quantitative estimate of drug-likeness (QED) is 0.806. The van der Waals surface area contributed by atoms with Crippen LogP contribution in [0.5, 0.6) is 11.5 Å². The Morgan fingerprint density at radius 3 is 2.65 bits per heavy atom. The topological polar surface area (TPSA) is 89.8 Å². The van der Waals surface area contributed by atoms with Gasteiger partial charge in [0.15, 0.2) is 13.0 Å². The molecule has 4 heterocycles. The Hall–Kier alpha value is -3.10. The number of benzene rings is 1. The van der Waals surface area contributed by atoms with Crippen LogP contribution in [-0.2, 0) is 6.54 Å². The number of nitrogens with zero attached hydrogens (tertiary/aromatic N) is 5. The fourth-order valence-corrected chi connectivity index (χ4v) is 3.61. The van der Waals surface area contributed by atoms with E-state index in [1.165, 1.54) is 4.80 Å². The Morgan fingerprint density at radius 2 is 1.81 bits per heavy atom. The molecule has 1 unspecified atom stereocenters. The van der Waals surface area contributed by atoms with E-state index in [9.17, 15) is 9.59 Å². The first-order valence-electron chi connectivity index (χ1n) is 8.62. The second-order valence-corrected chi connectivity index (χ2v) is 6.52. The molecular formula is C17H17N5O4. The third-order valence-corrected chi connectivity index (χ3v) is 4.96. The first-order chi connectivity index (χ1) is 12.7.